The van der Waals surface area contributed by atoms with Crippen LogP contribution in [-0.2, 0) is 9.59 Å². The molecule has 2 aliphatic rings. The molecule has 2 amide bonds. The third kappa shape index (κ3) is 4.82. The number of piperazine rings is 1. The van der Waals surface area contributed by atoms with Crippen molar-refractivity contribution in [2.45, 2.75) is 39.2 Å². The van der Waals surface area contributed by atoms with Gasteiger partial charge in [-0.25, -0.2) is 19.6 Å². The van der Waals surface area contributed by atoms with Crippen molar-refractivity contribution in [1.82, 2.24) is 39.9 Å². The maximum absolute atomic E-state index is 12.3. The fraction of sp³-hybridized carbons (Fsp3) is 0.444. The zero-order chi connectivity index (χ0) is 28.0. The van der Waals surface area contributed by atoms with Crippen molar-refractivity contribution in [2.75, 3.05) is 43.4 Å². The number of amides is 2. The van der Waals surface area contributed by atoms with E-state index in [9.17, 15) is 9.59 Å². The summed E-state index contributed by atoms with van der Waals surface area (Å²) in [6.45, 7) is 6.36. The first-order valence-corrected chi connectivity index (χ1v) is 14.2. The van der Waals surface area contributed by atoms with E-state index in [-0.39, 0.29) is 17.9 Å². The number of hydrogen-bond acceptors (Lipinski definition) is 9. The SMILES string of the molecule is CNC(=O)[C@]1(C)CC[C@@H](Nc2ncc3c(Br)nn(-c4ccc5nc(N6CCN(C(C)=O)CC6)ncc5c4)c3n2)C1. The van der Waals surface area contributed by atoms with Crippen LogP contribution in [0.25, 0.3) is 27.6 Å². The molecule has 1 saturated heterocycles. The Labute approximate surface area is 239 Å². The predicted molar refractivity (Wildman–Crippen MR) is 155 cm³/mol. The van der Waals surface area contributed by atoms with Gasteiger partial charge in [-0.15, -0.1) is 0 Å². The number of carbonyl (C=O) groups excluding carboxylic acids is 2. The zero-order valence-corrected chi connectivity index (χ0v) is 24.3. The van der Waals surface area contributed by atoms with Crippen molar-refractivity contribution in [3.63, 3.8) is 0 Å². The van der Waals surface area contributed by atoms with Crippen LogP contribution in [0, 0.1) is 5.41 Å². The summed E-state index contributed by atoms with van der Waals surface area (Å²) >= 11 is 3.55. The highest BCUT2D eigenvalue weighted by Gasteiger charge is 2.41. The van der Waals surface area contributed by atoms with Crippen LogP contribution in [0.1, 0.15) is 33.1 Å². The van der Waals surface area contributed by atoms with Crippen molar-refractivity contribution in [3.05, 3.63) is 35.2 Å². The average Bonchev–Trinajstić information content (AvgIpc) is 3.51. The summed E-state index contributed by atoms with van der Waals surface area (Å²) in [5, 5.41) is 12.6. The summed E-state index contributed by atoms with van der Waals surface area (Å²) < 4.78 is 2.43. The average molecular weight is 608 g/mol. The van der Waals surface area contributed by atoms with Crippen molar-refractivity contribution in [1.29, 1.82) is 0 Å². The number of carbonyl (C=O) groups is 2. The molecule has 2 fully saturated rings. The Balaban J connectivity index is 1.24. The maximum Gasteiger partial charge on any atom is 0.225 e. The lowest BCUT2D eigenvalue weighted by Crippen LogP contribution is -2.48. The quantitative estimate of drug-likeness (QED) is 0.351. The number of aromatic nitrogens is 6. The molecule has 12 nitrogen and oxygen atoms in total. The maximum atomic E-state index is 12.3. The predicted octanol–water partition coefficient (Wildman–Crippen LogP) is 2.91. The Hall–Kier alpha value is -3.87. The minimum atomic E-state index is -0.392. The molecule has 4 aromatic rings. The second-order valence-electron chi connectivity index (χ2n) is 10.8. The van der Waals surface area contributed by atoms with Crippen LogP contribution in [0.3, 0.4) is 0 Å². The van der Waals surface area contributed by atoms with Gasteiger partial charge >= 0.3 is 0 Å². The number of rotatable bonds is 5. The van der Waals surface area contributed by atoms with Gasteiger partial charge < -0.3 is 20.4 Å². The molecule has 2 N–H and O–H groups in total. The Kier molecular flexibility index (Phi) is 6.77. The third-order valence-corrected chi connectivity index (χ3v) is 8.62. The van der Waals surface area contributed by atoms with E-state index in [1.165, 1.54) is 0 Å². The lowest BCUT2D eigenvalue weighted by atomic mass is 9.87. The normalized spacial score (nSPS) is 21.2. The molecule has 3 aromatic heterocycles. The molecule has 4 heterocycles. The highest BCUT2D eigenvalue weighted by molar-refractivity contribution is 9.10. The summed E-state index contributed by atoms with van der Waals surface area (Å²) in [7, 11) is 1.68. The van der Waals surface area contributed by atoms with Crippen LogP contribution in [0.15, 0.2) is 35.2 Å². The Bertz CT molecular complexity index is 1620. The van der Waals surface area contributed by atoms with Gasteiger partial charge in [-0.1, -0.05) is 6.92 Å². The summed E-state index contributed by atoms with van der Waals surface area (Å²) in [5.74, 6) is 1.34. The fourth-order valence-electron chi connectivity index (χ4n) is 5.69. The largest absolute Gasteiger partial charge is 0.359 e. The summed E-state index contributed by atoms with van der Waals surface area (Å²) in [6, 6.07) is 6.03. The van der Waals surface area contributed by atoms with Crippen LogP contribution in [-0.4, -0.2) is 85.7 Å². The van der Waals surface area contributed by atoms with E-state index >= 15 is 0 Å². The first-order chi connectivity index (χ1) is 19.2. The lowest BCUT2D eigenvalue weighted by Gasteiger charge is -2.34. The minimum Gasteiger partial charge on any atom is -0.359 e. The summed E-state index contributed by atoms with van der Waals surface area (Å²) in [5.41, 5.74) is 1.93. The molecular formula is C27H31BrN10O2. The van der Waals surface area contributed by atoms with Crippen LogP contribution >= 0.6 is 15.9 Å². The van der Waals surface area contributed by atoms with Crippen LogP contribution < -0.4 is 15.5 Å². The molecule has 0 radical (unpaired) electrons. The van der Waals surface area contributed by atoms with Crippen molar-refractivity contribution in [2.24, 2.45) is 5.41 Å². The molecule has 0 spiro atoms. The molecule has 0 bridgehead atoms. The topological polar surface area (TPSA) is 134 Å². The first-order valence-electron chi connectivity index (χ1n) is 13.4. The van der Waals surface area contributed by atoms with Gasteiger partial charge in [-0.05, 0) is 53.4 Å². The fourth-order valence-corrected chi connectivity index (χ4v) is 6.13. The number of hydrogen-bond donors (Lipinski definition) is 2. The van der Waals surface area contributed by atoms with Crippen LogP contribution in [0.4, 0.5) is 11.9 Å². The first kappa shape index (κ1) is 26.4. The van der Waals surface area contributed by atoms with E-state index in [0.29, 0.717) is 48.3 Å². The van der Waals surface area contributed by atoms with E-state index in [2.05, 4.69) is 46.5 Å². The number of nitrogens with one attached hydrogen (secondary N) is 2. The number of nitrogens with zero attached hydrogens (tertiary/aromatic N) is 8. The van der Waals surface area contributed by atoms with E-state index in [4.69, 9.17) is 9.97 Å². The molecule has 1 aliphatic carbocycles. The highest BCUT2D eigenvalue weighted by Crippen LogP contribution is 2.39. The standard InChI is InChI=1S/C27H31BrN10O2/c1-16(39)36-8-10-37(11-9-36)26-31-14-17-12-19(4-5-21(17)33-26)38-23-20(22(28)35-38)15-30-25(34-23)32-18-6-7-27(2,13-18)24(40)29-3/h4-5,12,14-15,18H,6-11,13H2,1-3H3,(H,29,40)(H,30,32,34)/t18-,27-/m1/s1. The van der Waals surface area contributed by atoms with E-state index in [1.807, 2.05) is 36.2 Å². The van der Waals surface area contributed by atoms with Gasteiger partial charge in [0, 0.05) is 69.4 Å². The third-order valence-electron chi connectivity index (χ3n) is 8.03. The molecule has 6 rings (SSSR count). The number of fused-ring (bicyclic) bond motifs is 2. The summed E-state index contributed by atoms with van der Waals surface area (Å²) in [6.07, 6.45) is 5.98. The molecule has 1 aliphatic heterocycles. The van der Waals surface area contributed by atoms with Gasteiger partial charge in [0.2, 0.25) is 23.7 Å². The molecule has 0 unspecified atom stereocenters. The molecule has 2 atom stereocenters. The number of anilines is 2. The van der Waals surface area contributed by atoms with Gasteiger partial charge in [0.1, 0.15) is 4.60 Å². The van der Waals surface area contributed by atoms with Crippen molar-refractivity contribution >= 4 is 61.6 Å². The van der Waals surface area contributed by atoms with Crippen LogP contribution in [0.5, 0.6) is 0 Å². The smallest absolute Gasteiger partial charge is 0.225 e. The summed E-state index contributed by atoms with van der Waals surface area (Å²) in [4.78, 5) is 46.6. The Morgan fingerprint density at radius 1 is 1.10 bits per heavy atom. The van der Waals surface area contributed by atoms with Gasteiger partial charge in [-0.2, -0.15) is 10.1 Å². The van der Waals surface area contributed by atoms with Crippen molar-refractivity contribution in [3.8, 4) is 5.69 Å². The zero-order valence-electron chi connectivity index (χ0n) is 22.7. The van der Waals surface area contributed by atoms with E-state index in [1.54, 1.807) is 24.9 Å². The van der Waals surface area contributed by atoms with E-state index in [0.717, 1.165) is 41.2 Å². The number of benzene rings is 1. The van der Waals surface area contributed by atoms with Crippen LogP contribution in [0.2, 0.25) is 0 Å². The van der Waals surface area contributed by atoms with Gasteiger partial charge in [0.15, 0.2) is 5.65 Å². The Morgan fingerprint density at radius 3 is 2.65 bits per heavy atom. The van der Waals surface area contributed by atoms with Gasteiger partial charge in [-0.3, -0.25) is 9.59 Å². The highest BCUT2D eigenvalue weighted by atomic mass is 79.9. The minimum absolute atomic E-state index is 0.0677. The van der Waals surface area contributed by atoms with Gasteiger partial charge in [0.25, 0.3) is 0 Å². The molecule has 40 heavy (non-hydrogen) atoms. The molecule has 208 valence electrons. The molecule has 1 saturated carbocycles. The second-order valence-corrected chi connectivity index (χ2v) is 11.5. The lowest BCUT2D eigenvalue weighted by molar-refractivity contribution is -0.130. The molecular weight excluding hydrogens is 576 g/mol. The number of halogens is 1. The Morgan fingerprint density at radius 2 is 1.90 bits per heavy atom. The molecule has 13 heteroatoms. The van der Waals surface area contributed by atoms with Crippen molar-refractivity contribution < 1.29 is 9.59 Å². The van der Waals surface area contributed by atoms with E-state index < -0.39 is 5.41 Å². The second kappa shape index (κ2) is 10.3. The van der Waals surface area contributed by atoms with Gasteiger partial charge in [0.05, 0.1) is 16.6 Å². The monoisotopic (exact) mass is 606 g/mol. The molecule has 1 aromatic carbocycles.